The average Bonchev–Trinajstić information content (AvgIpc) is 2.49. The highest BCUT2D eigenvalue weighted by Crippen LogP contribution is 2.15. The van der Waals surface area contributed by atoms with Crippen molar-refractivity contribution in [3.8, 4) is 0 Å². The van der Waals surface area contributed by atoms with Crippen molar-refractivity contribution in [2.24, 2.45) is 0 Å². The molecule has 0 atom stereocenters. The highest BCUT2D eigenvalue weighted by molar-refractivity contribution is 5.65. The normalized spacial score (nSPS) is 13.5. The number of hydrogen-bond acceptors (Lipinski definition) is 0. The standard InChI is InChI=1S/C21H28/c1-5-6-7-8-9-10-11-18(2)12-15-20(4)21-16-13-19(3)14-17-21/h6-9,12-17H,5,10-11H2,1-4H3/b7-6-,9-8-,18-12-,20-15+. The monoisotopic (exact) mass is 280 g/mol. The van der Waals surface area contributed by atoms with Crippen LogP contribution < -0.4 is 0 Å². The van der Waals surface area contributed by atoms with Crippen LogP contribution in [0.15, 0.2) is 66.3 Å². The van der Waals surface area contributed by atoms with Gasteiger partial charge in [0.05, 0.1) is 0 Å². The summed E-state index contributed by atoms with van der Waals surface area (Å²) in [6, 6.07) is 8.70. The van der Waals surface area contributed by atoms with Crippen LogP contribution in [0, 0.1) is 6.92 Å². The fraction of sp³-hybridized carbons (Fsp3) is 0.333. The van der Waals surface area contributed by atoms with Gasteiger partial charge in [-0.2, -0.15) is 0 Å². The van der Waals surface area contributed by atoms with Crippen molar-refractivity contribution in [2.45, 2.75) is 47.0 Å². The summed E-state index contributed by atoms with van der Waals surface area (Å²) in [5.74, 6) is 0. The summed E-state index contributed by atoms with van der Waals surface area (Å²) < 4.78 is 0. The first-order valence-corrected chi connectivity index (χ1v) is 7.86. The average molecular weight is 280 g/mol. The number of aryl methyl sites for hydroxylation is 1. The zero-order valence-corrected chi connectivity index (χ0v) is 13.9. The smallest absolute Gasteiger partial charge is 0.0227 e. The third kappa shape index (κ3) is 7.51. The van der Waals surface area contributed by atoms with Crippen molar-refractivity contribution < 1.29 is 0 Å². The van der Waals surface area contributed by atoms with Gasteiger partial charge in [-0.3, -0.25) is 0 Å². The van der Waals surface area contributed by atoms with Crippen LogP contribution in [0.1, 0.15) is 51.2 Å². The van der Waals surface area contributed by atoms with E-state index in [-0.39, 0.29) is 0 Å². The van der Waals surface area contributed by atoms with E-state index in [0.29, 0.717) is 0 Å². The van der Waals surface area contributed by atoms with E-state index in [1.54, 1.807) is 0 Å². The van der Waals surface area contributed by atoms with Crippen LogP contribution in [-0.2, 0) is 0 Å². The first-order valence-electron chi connectivity index (χ1n) is 7.86. The highest BCUT2D eigenvalue weighted by Gasteiger charge is 1.94. The Labute approximate surface area is 130 Å². The number of allylic oxidation sites excluding steroid dienone is 8. The topological polar surface area (TPSA) is 0 Å². The summed E-state index contributed by atoms with van der Waals surface area (Å²) >= 11 is 0. The molecule has 0 heterocycles. The Morgan fingerprint density at radius 2 is 1.62 bits per heavy atom. The highest BCUT2D eigenvalue weighted by atomic mass is 14.0. The van der Waals surface area contributed by atoms with Gasteiger partial charge in [-0.25, -0.2) is 0 Å². The molecule has 0 radical (unpaired) electrons. The van der Waals surface area contributed by atoms with E-state index in [0.717, 1.165) is 19.3 Å². The fourth-order valence-electron chi connectivity index (χ4n) is 1.96. The van der Waals surface area contributed by atoms with E-state index < -0.39 is 0 Å². The molecule has 1 aromatic carbocycles. The van der Waals surface area contributed by atoms with Crippen molar-refractivity contribution in [3.63, 3.8) is 0 Å². The van der Waals surface area contributed by atoms with Gasteiger partial charge in [0, 0.05) is 0 Å². The Morgan fingerprint density at radius 3 is 2.29 bits per heavy atom. The van der Waals surface area contributed by atoms with Gasteiger partial charge in [-0.1, -0.05) is 78.8 Å². The first-order chi connectivity index (χ1) is 10.1. The molecule has 112 valence electrons. The first kappa shape index (κ1) is 17.2. The molecule has 21 heavy (non-hydrogen) atoms. The molecule has 1 aromatic rings. The number of hydrogen-bond donors (Lipinski definition) is 0. The minimum absolute atomic E-state index is 1.10. The predicted octanol–water partition coefficient (Wildman–Crippen LogP) is 6.65. The summed E-state index contributed by atoms with van der Waals surface area (Å²) in [7, 11) is 0. The molecular weight excluding hydrogens is 252 g/mol. The molecule has 0 nitrogen and oxygen atoms in total. The molecule has 0 saturated carbocycles. The summed E-state index contributed by atoms with van der Waals surface area (Å²) in [6.07, 6.45) is 16.5. The van der Waals surface area contributed by atoms with Crippen LogP contribution in [0.2, 0.25) is 0 Å². The quantitative estimate of drug-likeness (QED) is 0.491. The largest absolute Gasteiger partial charge is 0.0848 e. The second-order valence-electron chi connectivity index (χ2n) is 5.53. The van der Waals surface area contributed by atoms with Gasteiger partial charge in [0.1, 0.15) is 0 Å². The summed E-state index contributed by atoms with van der Waals surface area (Å²) in [6.45, 7) is 8.65. The van der Waals surface area contributed by atoms with Crippen molar-refractivity contribution in [1.29, 1.82) is 0 Å². The van der Waals surface area contributed by atoms with Crippen LogP contribution in [0.4, 0.5) is 0 Å². The lowest BCUT2D eigenvalue weighted by atomic mass is 10.0. The van der Waals surface area contributed by atoms with Gasteiger partial charge >= 0.3 is 0 Å². The Balaban J connectivity index is 2.50. The van der Waals surface area contributed by atoms with Gasteiger partial charge in [-0.05, 0) is 51.2 Å². The Bertz CT molecular complexity index is 522. The number of benzene rings is 1. The lowest BCUT2D eigenvalue weighted by Crippen LogP contribution is -1.80. The SMILES string of the molecule is CC/C=C\C=C/CC/C(C)=C\C=C(/C)c1ccc(C)cc1. The molecular formula is C21H28. The molecule has 0 aliphatic carbocycles. The van der Waals surface area contributed by atoms with E-state index in [2.05, 4.69) is 88.4 Å². The minimum atomic E-state index is 1.10. The molecule has 0 bridgehead atoms. The van der Waals surface area contributed by atoms with Crippen LogP contribution in [0.5, 0.6) is 0 Å². The van der Waals surface area contributed by atoms with Gasteiger partial charge < -0.3 is 0 Å². The lowest BCUT2D eigenvalue weighted by molar-refractivity contribution is 0.978. The fourth-order valence-corrected chi connectivity index (χ4v) is 1.96. The predicted molar refractivity (Wildman–Crippen MR) is 96.4 cm³/mol. The zero-order valence-electron chi connectivity index (χ0n) is 13.9. The Kier molecular flexibility index (Phi) is 8.19. The van der Waals surface area contributed by atoms with Crippen molar-refractivity contribution in [2.75, 3.05) is 0 Å². The van der Waals surface area contributed by atoms with E-state index in [9.17, 15) is 0 Å². The van der Waals surface area contributed by atoms with E-state index in [1.807, 2.05) is 0 Å². The maximum Gasteiger partial charge on any atom is -0.0227 e. The molecule has 0 unspecified atom stereocenters. The molecule has 0 saturated heterocycles. The molecule has 1 rings (SSSR count). The van der Waals surface area contributed by atoms with E-state index in [1.165, 1.54) is 22.3 Å². The van der Waals surface area contributed by atoms with Crippen LogP contribution in [0.3, 0.4) is 0 Å². The van der Waals surface area contributed by atoms with Crippen LogP contribution >= 0.6 is 0 Å². The van der Waals surface area contributed by atoms with Gasteiger partial charge in [0.2, 0.25) is 0 Å². The molecule has 0 aliphatic heterocycles. The summed E-state index contributed by atoms with van der Waals surface area (Å²) in [5.41, 5.74) is 5.35. The third-order valence-electron chi connectivity index (χ3n) is 3.45. The maximum absolute atomic E-state index is 2.24. The van der Waals surface area contributed by atoms with Gasteiger partial charge in [0.25, 0.3) is 0 Å². The van der Waals surface area contributed by atoms with Crippen LogP contribution in [0.25, 0.3) is 5.57 Å². The lowest BCUT2D eigenvalue weighted by Gasteiger charge is -2.02. The van der Waals surface area contributed by atoms with E-state index in [4.69, 9.17) is 0 Å². The second kappa shape index (κ2) is 9.99. The molecule has 0 N–H and O–H groups in total. The Morgan fingerprint density at radius 1 is 0.952 bits per heavy atom. The summed E-state index contributed by atoms with van der Waals surface area (Å²) in [5, 5.41) is 0. The van der Waals surface area contributed by atoms with Gasteiger partial charge in [-0.15, -0.1) is 0 Å². The maximum atomic E-state index is 2.24. The number of rotatable bonds is 7. The van der Waals surface area contributed by atoms with Crippen LogP contribution in [-0.4, -0.2) is 0 Å². The third-order valence-corrected chi connectivity index (χ3v) is 3.45. The molecule has 0 spiro atoms. The second-order valence-corrected chi connectivity index (χ2v) is 5.53. The van der Waals surface area contributed by atoms with Crippen molar-refractivity contribution in [1.82, 2.24) is 0 Å². The molecule has 0 heteroatoms. The molecule has 0 aromatic heterocycles. The minimum Gasteiger partial charge on any atom is -0.0848 e. The van der Waals surface area contributed by atoms with E-state index >= 15 is 0 Å². The molecule has 0 fully saturated rings. The summed E-state index contributed by atoms with van der Waals surface area (Å²) in [4.78, 5) is 0. The van der Waals surface area contributed by atoms with Crippen molar-refractivity contribution >= 4 is 5.57 Å². The zero-order chi connectivity index (χ0) is 15.5. The molecule has 0 amide bonds. The van der Waals surface area contributed by atoms with Crippen molar-refractivity contribution in [3.05, 3.63) is 77.4 Å². The van der Waals surface area contributed by atoms with Gasteiger partial charge in [0.15, 0.2) is 0 Å². The Hall–Kier alpha value is -1.82. The molecule has 0 aliphatic rings.